The summed E-state index contributed by atoms with van der Waals surface area (Å²) >= 11 is 0. The lowest BCUT2D eigenvalue weighted by Gasteiger charge is -2.40. The minimum Gasteiger partial charge on any atom is -0.361 e. The van der Waals surface area contributed by atoms with Gasteiger partial charge in [-0.15, -0.1) is 0 Å². The topological polar surface area (TPSA) is 82.9 Å². The fourth-order valence-corrected chi connectivity index (χ4v) is 3.85. The molecule has 2 heterocycles. The van der Waals surface area contributed by atoms with Crippen molar-refractivity contribution in [1.82, 2.24) is 15.6 Å². The molecule has 5 nitrogen and oxygen atoms in total. The second-order valence-corrected chi connectivity index (χ2v) is 5.85. The number of piperidine rings is 1. The molecule has 2 amide bonds. The Morgan fingerprint density at radius 3 is 3.15 bits per heavy atom. The van der Waals surface area contributed by atoms with Crippen LogP contribution in [0.25, 0.3) is 10.9 Å². The summed E-state index contributed by atoms with van der Waals surface area (Å²) in [6.07, 6.45) is 4.12. The largest absolute Gasteiger partial charge is 0.361 e. The van der Waals surface area contributed by atoms with Crippen LogP contribution in [0.15, 0.2) is 24.4 Å². The number of urea groups is 1. The van der Waals surface area contributed by atoms with Crippen molar-refractivity contribution >= 4 is 16.9 Å². The first-order chi connectivity index (χ1) is 9.72. The van der Waals surface area contributed by atoms with Crippen LogP contribution in [0.4, 0.5) is 4.79 Å². The van der Waals surface area contributed by atoms with Gasteiger partial charge in [-0.1, -0.05) is 12.1 Å². The number of carbonyl (C=O) groups excluding carboxylic acids is 1. The average Bonchev–Trinajstić information content (AvgIpc) is 2.84. The zero-order chi connectivity index (χ0) is 13.7. The quantitative estimate of drug-likeness (QED) is 0.628. The number of fused-ring (bicyclic) bond motifs is 2. The van der Waals surface area contributed by atoms with Crippen LogP contribution in [0.5, 0.6) is 0 Å². The molecular weight excluding hydrogens is 252 g/mol. The summed E-state index contributed by atoms with van der Waals surface area (Å²) in [4.78, 5) is 14.4. The molecule has 1 aromatic carbocycles. The number of rotatable bonds is 1. The number of carbonyl (C=O) groups is 1. The Balaban J connectivity index is 1.73. The number of hydrogen-bond donors (Lipinski definition) is 4. The van der Waals surface area contributed by atoms with E-state index in [4.69, 9.17) is 5.73 Å². The highest BCUT2D eigenvalue weighted by atomic mass is 16.2. The minimum absolute atomic E-state index is 0.115. The molecule has 0 radical (unpaired) electrons. The third kappa shape index (κ3) is 1.70. The lowest BCUT2D eigenvalue weighted by molar-refractivity contribution is 0.234. The van der Waals surface area contributed by atoms with E-state index in [1.807, 2.05) is 0 Å². The Bertz CT molecular complexity index is 678. The summed E-state index contributed by atoms with van der Waals surface area (Å²) in [5.41, 5.74) is 9.24. The summed E-state index contributed by atoms with van der Waals surface area (Å²) in [6, 6.07) is 6.57. The van der Waals surface area contributed by atoms with Crippen LogP contribution in [-0.2, 0) is 6.42 Å². The van der Waals surface area contributed by atoms with Crippen molar-refractivity contribution in [2.75, 3.05) is 6.54 Å². The SMILES string of the molecule is NC(=O)NC1CN[C@@H]2Cc3c[nH]c4cccc(c34)[C@H]2C1. The van der Waals surface area contributed by atoms with Crippen molar-refractivity contribution in [3.05, 3.63) is 35.5 Å². The van der Waals surface area contributed by atoms with Crippen LogP contribution < -0.4 is 16.4 Å². The number of nitrogens with one attached hydrogen (secondary N) is 3. The Morgan fingerprint density at radius 2 is 2.30 bits per heavy atom. The fraction of sp³-hybridized carbons (Fsp3) is 0.400. The number of primary amides is 1. The summed E-state index contributed by atoms with van der Waals surface area (Å²) < 4.78 is 0. The molecule has 5 heteroatoms. The van der Waals surface area contributed by atoms with E-state index in [1.165, 1.54) is 22.0 Å². The lowest BCUT2D eigenvalue weighted by atomic mass is 9.75. The van der Waals surface area contributed by atoms with Crippen LogP contribution in [0, 0.1) is 0 Å². The molecule has 0 spiro atoms. The third-order valence-corrected chi connectivity index (χ3v) is 4.66. The Hall–Kier alpha value is -2.01. The van der Waals surface area contributed by atoms with E-state index in [9.17, 15) is 4.79 Å². The maximum Gasteiger partial charge on any atom is 0.312 e. The van der Waals surface area contributed by atoms with E-state index < -0.39 is 6.03 Å². The first-order valence-corrected chi connectivity index (χ1v) is 7.10. The number of benzene rings is 1. The Kier molecular flexibility index (Phi) is 2.50. The number of aromatic amines is 1. The van der Waals surface area contributed by atoms with Gasteiger partial charge >= 0.3 is 6.03 Å². The minimum atomic E-state index is -0.438. The van der Waals surface area contributed by atoms with E-state index in [0.717, 1.165) is 19.4 Å². The predicted molar refractivity (Wildman–Crippen MR) is 77.7 cm³/mol. The van der Waals surface area contributed by atoms with Gasteiger partial charge in [0.2, 0.25) is 0 Å². The molecular formula is C15H18N4O. The number of amides is 2. The van der Waals surface area contributed by atoms with Crippen molar-refractivity contribution in [3.8, 4) is 0 Å². The highest BCUT2D eigenvalue weighted by Crippen LogP contribution is 2.40. The molecule has 1 aliphatic carbocycles. The smallest absolute Gasteiger partial charge is 0.312 e. The van der Waals surface area contributed by atoms with E-state index in [-0.39, 0.29) is 6.04 Å². The zero-order valence-electron chi connectivity index (χ0n) is 11.1. The first-order valence-electron chi connectivity index (χ1n) is 7.10. The molecule has 1 aromatic heterocycles. The first kappa shape index (κ1) is 11.8. The van der Waals surface area contributed by atoms with Crippen LogP contribution in [0.2, 0.25) is 0 Å². The van der Waals surface area contributed by atoms with Gasteiger partial charge in [-0.2, -0.15) is 0 Å². The zero-order valence-corrected chi connectivity index (χ0v) is 11.1. The van der Waals surface area contributed by atoms with E-state index in [0.29, 0.717) is 12.0 Å². The van der Waals surface area contributed by atoms with Crippen LogP contribution in [0.1, 0.15) is 23.5 Å². The van der Waals surface area contributed by atoms with Crippen molar-refractivity contribution < 1.29 is 4.79 Å². The number of H-pyrrole nitrogens is 1. The predicted octanol–water partition coefficient (Wildman–Crippen LogP) is 1.21. The van der Waals surface area contributed by atoms with Gasteiger partial charge < -0.3 is 21.4 Å². The number of aromatic nitrogens is 1. The van der Waals surface area contributed by atoms with Crippen molar-refractivity contribution in [2.45, 2.75) is 30.8 Å². The maximum absolute atomic E-state index is 11.1. The molecule has 1 aliphatic heterocycles. The standard InChI is InChI=1S/C15H18N4O/c16-15(20)19-9-5-11-10-2-1-3-12-14(10)8(6-17-12)4-13(11)18-7-9/h1-3,6,9,11,13,17-18H,4-5,7H2,(H3,16,19,20)/t9?,11-,13-/m1/s1. The van der Waals surface area contributed by atoms with E-state index in [2.05, 4.69) is 40.0 Å². The third-order valence-electron chi connectivity index (χ3n) is 4.66. The second-order valence-electron chi connectivity index (χ2n) is 5.85. The molecule has 2 aliphatic rings. The molecule has 20 heavy (non-hydrogen) atoms. The average molecular weight is 270 g/mol. The van der Waals surface area contributed by atoms with E-state index >= 15 is 0 Å². The molecule has 3 atom stereocenters. The summed E-state index contributed by atoms with van der Waals surface area (Å²) in [6.45, 7) is 0.792. The van der Waals surface area contributed by atoms with Gasteiger partial charge in [-0.3, -0.25) is 0 Å². The molecule has 0 bridgehead atoms. The molecule has 1 unspecified atom stereocenters. The van der Waals surface area contributed by atoms with Gasteiger partial charge in [-0.25, -0.2) is 4.79 Å². The number of nitrogens with two attached hydrogens (primary N) is 1. The van der Waals surface area contributed by atoms with Crippen LogP contribution in [0.3, 0.4) is 0 Å². The van der Waals surface area contributed by atoms with E-state index in [1.54, 1.807) is 0 Å². The van der Waals surface area contributed by atoms with Gasteiger partial charge in [0.1, 0.15) is 0 Å². The monoisotopic (exact) mass is 270 g/mol. The normalized spacial score (nSPS) is 28.1. The number of hydrogen-bond acceptors (Lipinski definition) is 2. The van der Waals surface area contributed by atoms with Gasteiger partial charge in [-0.05, 0) is 30.0 Å². The fourth-order valence-electron chi connectivity index (χ4n) is 3.85. The molecule has 2 aromatic rings. The lowest BCUT2D eigenvalue weighted by Crippen LogP contribution is -2.55. The van der Waals surface area contributed by atoms with Gasteiger partial charge in [0.25, 0.3) is 0 Å². The van der Waals surface area contributed by atoms with Crippen molar-refractivity contribution in [2.24, 2.45) is 5.73 Å². The van der Waals surface area contributed by atoms with Gasteiger partial charge in [0, 0.05) is 41.6 Å². The maximum atomic E-state index is 11.1. The molecule has 1 saturated heterocycles. The Labute approximate surface area is 116 Å². The summed E-state index contributed by atoms with van der Waals surface area (Å²) in [5, 5.41) is 7.77. The summed E-state index contributed by atoms with van der Waals surface area (Å²) in [7, 11) is 0. The molecule has 104 valence electrons. The van der Waals surface area contributed by atoms with Gasteiger partial charge in [0.15, 0.2) is 0 Å². The Morgan fingerprint density at radius 1 is 1.40 bits per heavy atom. The highest BCUT2D eigenvalue weighted by Gasteiger charge is 2.36. The molecule has 4 rings (SSSR count). The molecule has 5 N–H and O–H groups in total. The highest BCUT2D eigenvalue weighted by molar-refractivity contribution is 5.88. The van der Waals surface area contributed by atoms with Crippen molar-refractivity contribution in [1.29, 1.82) is 0 Å². The molecule has 1 fully saturated rings. The van der Waals surface area contributed by atoms with Crippen LogP contribution >= 0.6 is 0 Å². The van der Waals surface area contributed by atoms with Gasteiger partial charge in [0.05, 0.1) is 0 Å². The van der Waals surface area contributed by atoms with Crippen LogP contribution in [-0.4, -0.2) is 29.6 Å². The summed E-state index contributed by atoms with van der Waals surface area (Å²) in [5.74, 6) is 0.438. The van der Waals surface area contributed by atoms with Crippen molar-refractivity contribution in [3.63, 3.8) is 0 Å². The molecule has 0 saturated carbocycles. The second kappa shape index (κ2) is 4.24.